The van der Waals surface area contributed by atoms with E-state index in [0.29, 0.717) is 0 Å². The molecule has 0 aromatic rings. The lowest BCUT2D eigenvalue weighted by molar-refractivity contribution is 0.406. The third-order valence-corrected chi connectivity index (χ3v) is 2.45. The van der Waals surface area contributed by atoms with Crippen molar-refractivity contribution in [1.29, 1.82) is 5.26 Å². The molecule has 0 atom stereocenters. The quantitative estimate of drug-likeness (QED) is 0.608. The molecule has 0 aliphatic carbocycles. The molecule has 0 aromatic carbocycles. The maximum Gasteiger partial charge on any atom is 0.0940 e. The molecular formula is C15H28N2. The molecule has 17 heavy (non-hydrogen) atoms. The van der Waals surface area contributed by atoms with Crippen molar-refractivity contribution in [2.75, 3.05) is 13.6 Å². The lowest BCUT2D eigenvalue weighted by Gasteiger charge is -2.20. The summed E-state index contributed by atoms with van der Waals surface area (Å²) >= 11 is 0. The normalized spacial score (nSPS) is 10.0. The molecule has 0 N–H and O–H groups in total. The monoisotopic (exact) mass is 236 g/mol. The van der Waals surface area contributed by atoms with E-state index in [1.807, 2.05) is 26.8 Å². The summed E-state index contributed by atoms with van der Waals surface area (Å²) in [4.78, 5) is 2.18. The standard InChI is InChI=1S/C13H22N2.C2H6/c1-5-6-9-13(3)15(4)10-7-8-12(2)11-14;1-2/h8H,3,5-7,9-10H2,1-2,4H3;1-2H3/b12-8-;. The molecule has 0 spiro atoms. The first-order valence-corrected chi connectivity index (χ1v) is 6.57. The van der Waals surface area contributed by atoms with Crippen LogP contribution in [0, 0.1) is 11.3 Å². The van der Waals surface area contributed by atoms with E-state index < -0.39 is 0 Å². The largest absolute Gasteiger partial charge is 0.378 e. The summed E-state index contributed by atoms with van der Waals surface area (Å²) in [6, 6.07) is 2.12. The van der Waals surface area contributed by atoms with Gasteiger partial charge in [-0.25, -0.2) is 0 Å². The van der Waals surface area contributed by atoms with Gasteiger partial charge in [0.2, 0.25) is 0 Å². The Bertz CT molecular complexity index is 259. The first-order chi connectivity index (χ1) is 8.11. The van der Waals surface area contributed by atoms with Crippen LogP contribution in [-0.4, -0.2) is 18.5 Å². The highest BCUT2D eigenvalue weighted by Crippen LogP contribution is 2.09. The maximum atomic E-state index is 8.58. The first-order valence-electron chi connectivity index (χ1n) is 6.57. The Kier molecular flexibility index (Phi) is 13.7. The zero-order valence-electron chi connectivity index (χ0n) is 12.2. The van der Waals surface area contributed by atoms with Gasteiger partial charge in [0.05, 0.1) is 6.07 Å². The first kappa shape index (κ1) is 18.1. The van der Waals surface area contributed by atoms with Crippen molar-refractivity contribution in [3.8, 4) is 6.07 Å². The molecule has 0 aliphatic heterocycles. The molecule has 0 aromatic heterocycles. The summed E-state index contributed by atoms with van der Waals surface area (Å²) in [6.07, 6.45) is 6.38. The van der Waals surface area contributed by atoms with Crippen molar-refractivity contribution in [1.82, 2.24) is 4.90 Å². The summed E-state index contributed by atoms with van der Waals surface area (Å²) in [5, 5.41) is 8.58. The average molecular weight is 236 g/mol. The van der Waals surface area contributed by atoms with E-state index in [2.05, 4.69) is 31.5 Å². The number of hydrogen-bond donors (Lipinski definition) is 0. The second-order valence-electron chi connectivity index (χ2n) is 3.88. The van der Waals surface area contributed by atoms with E-state index in [0.717, 1.165) is 25.0 Å². The van der Waals surface area contributed by atoms with Gasteiger partial charge in [0.15, 0.2) is 0 Å². The molecular weight excluding hydrogens is 208 g/mol. The molecule has 0 saturated heterocycles. The van der Waals surface area contributed by atoms with Crippen LogP contribution in [0.2, 0.25) is 0 Å². The van der Waals surface area contributed by atoms with Crippen molar-refractivity contribution in [3.63, 3.8) is 0 Å². The Morgan fingerprint density at radius 3 is 2.47 bits per heavy atom. The summed E-state index contributed by atoms with van der Waals surface area (Å²) in [5.41, 5.74) is 1.99. The van der Waals surface area contributed by atoms with Crippen molar-refractivity contribution >= 4 is 0 Å². The van der Waals surface area contributed by atoms with Crippen LogP contribution in [0.4, 0.5) is 0 Å². The van der Waals surface area contributed by atoms with Crippen molar-refractivity contribution in [2.24, 2.45) is 0 Å². The summed E-state index contributed by atoms with van der Waals surface area (Å²) in [6.45, 7) is 13.0. The van der Waals surface area contributed by atoms with Gasteiger partial charge in [-0.3, -0.25) is 0 Å². The number of nitriles is 1. The van der Waals surface area contributed by atoms with Gasteiger partial charge in [-0.2, -0.15) is 5.26 Å². The van der Waals surface area contributed by atoms with E-state index in [4.69, 9.17) is 5.26 Å². The fraction of sp³-hybridized carbons (Fsp3) is 0.667. The van der Waals surface area contributed by atoms with Gasteiger partial charge in [0.25, 0.3) is 0 Å². The Morgan fingerprint density at radius 1 is 1.41 bits per heavy atom. The van der Waals surface area contributed by atoms with Crippen molar-refractivity contribution < 1.29 is 0 Å². The molecule has 0 heterocycles. The molecule has 2 nitrogen and oxygen atoms in total. The maximum absolute atomic E-state index is 8.58. The minimum absolute atomic E-state index is 0.794. The number of unbranched alkanes of at least 4 members (excludes halogenated alkanes) is 1. The molecule has 0 unspecified atom stereocenters. The van der Waals surface area contributed by atoms with Crippen LogP contribution in [0.3, 0.4) is 0 Å². The summed E-state index contributed by atoms with van der Waals surface area (Å²) in [7, 11) is 2.06. The fourth-order valence-corrected chi connectivity index (χ4v) is 1.25. The molecule has 2 heteroatoms. The van der Waals surface area contributed by atoms with E-state index in [1.54, 1.807) is 0 Å². The molecule has 98 valence electrons. The second-order valence-corrected chi connectivity index (χ2v) is 3.88. The highest BCUT2D eigenvalue weighted by molar-refractivity contribution is 5.17. The number of allylic oxidation sites excluding steroid dienone is 2. The SMILES string of the molecule is C=C(CCCC)N(C)CC/C=C(/C)C#N.CC. The topological polar surface area (TPSA) is 27.0 Å². The van der Waals surface area contributed by atoms with Crippen LogP contribution in [0.1, 0.15) is 53.4 Å². The molecule has 0 rings (SSSR count). The smallest absolute Gasteiger partial charge is 0.0940 e. The van der Waals surface area contributed by atoms with E-state index in [-0.39, 0.29) is 0 Å². The Balaban J connectivity index is 0. The average Bonchev–Trinajstić information content (AvgIpc) is 2.37. The lowest BCUT2D eigenvalue weighted by Crippen LogP contribution is -2.17. The van der Waals surface area contributed by atoms with Gasteiger partial charge in [-0.1, -0.05) is 39.8 Å². The molecule has 0 amide bonds. The third kappa shape index (κ3) is 11.0. The summed E-state index contributed by atoms with van der Waals surface area (Å²) < 4.78 is 0. The van der Waals surface area contributed by atoms with Gasteiger partial charge in [-0.15, -0.1) is 0 Å². The van der Waals surface area contributed by atoms with E-state index >= 15 is 0 Å². The van der Waals surface area contributed by atoms with Crippen molar-refractivity contribution in [3.05, 3.63) is 23.9 Å². The minimum Gasteiger partial charge on any atom is -0.378 e. The molecule has 0 saturated carbocycles. The predicted octanol–water partition coefficient (Wildman–Crippen LogP) is 4.51. The highest BCUT2D eigenvalue weighted by atomic mass is 15.1. The van der Waals surface area contributed by atoms with Crippen LogP contribution >= 0.6 is 0 Å². The molecule has 0 aliphatic rings. The van der Waals surface area contributed by atoms with Gasteiger partial charge in [0.1, 0.15) is 0 Å². The Labute approximate surface area is 108 Å². The van der Waals surface area contributed by atoms with Gasteiger partial charge in [-0.05, 0) is 26.2 Å². The van der Waals surface area contributed by atoms with Crippen LogP contribution in [0.5, 0.6) is 0 Å². The van der Waals surface area contributed by atoms with Crippen LogP contribution in [-0.2, 0) is 0 Å². The number of nitrogens with zero attached hydrogens (tertiary/aromatic N) is 2. The zero-order chi connectivity index (χ0) is 13.7. The van der Waals surface area contributed by atoms with E-state index in [1.165, 1.54) is 18.5 Å². The Morgan fingerprint density at radius 2 is 2.00 bits per heavy atom. The lowest BCUT2D eigenvalue weighted by atomic mass is 10.2. The molecule has 0 radical (unpaired) electrons. The van der Waals surface area contributed by atoms with Gasteiger partial charge >= 0.3 is 0 Å². The second kappa shape index (κ2) is 12.8. The fourth-order valence-electron chi connectivity index (χ4n) is 1.25. The Hall–Kier alpha value is -1.23. The number of rotatable bonds is 7. The highest BCUT2D eigenvalue weighted by Gasteiger charge is 2.00. The summed E-state index contributed by atoms with van der Waals surface area (Å²) in [5.74, 6) is 0. The van der Waals surface area contributed by atoms with Crippen LogP contribution in [0.25, 0.3) is 0 Å². The zero-order valence-corrected chi connectivity index (χ0v) is 12.2. The molecule has 0 fully saturated rings. The number of hydrogen-bond acceptors (Lipinski definition) is 2. The minimum atomic E-state index is 0.794. The van der Waals surface area contributed by atoms with Gasteiger partial charge in [0, 0.05) is 24.9 Å². The van der Waals surface area contributed by atoms with Crippen molar-refractivity contribution in [2.45, 2.75) is 53.4 Å². The van der Waals surface area contributed by atoms with Crippen LogP contribution in [0.15, 0.2) is 23.9 Å². The molecule has 0 bridgehead atoms. The van der Waals surface area contributed by atoms with Crippen LogP contribution < -0.4 is 0 Å². The van der Waals surface area contributed by atoms with E-state index in [9.17, 15) is 0 Å². The third-order valence-electron chi connectivity index (χ3n) is 2.45. The predicted molar refractivity (Wildman–Crippen MR) is 76.6 cm³/mol. The van der Waals surface area contributed by atoms with Gasteiger partial charge < -0.3 is 4.90 Å².